The monoisotopic (exact) mass is 306 g/mol. The summed E-state index contributed by atoms with van der Waals surface area (Å²) in [6, 6.07) is 12.1. The first-order valence-electron chi connectivity index (χ1n) is 6.48. The molecule has 1 aromatic heterocycles. The SMILES string of the molecule is Cc1ccsc1CNC(=O)NCCSc1ccccc1. The Hall–Kier alpha value is -1.46. The molecule has 20 heavy (non-hydrogen) atoms. The second-order valence-electron chi connectivity index (χ2n) is 4.30. The fourth-order valence-electron chi connectivity index (χ4n) is 1.66. The molecule has 5 heteroatoms. The van der Waals surface area contributed by atoms with E-state index in [1.165, 1.54) is 15.3 Å². The summed E-state index contributed by atoms with van der Waals surface area (Å²) < 4.78 is 0. The third-order valence-corrected chi connectivity index (χ3v) is 4.81. The molecule has 1 heterocycles. The molecule has 0 atom stereocenters. The van der Waals surface area contributed by atoms with Crippen LogP contribution in [0.2, 0.25) is 0 Å². The zero-order valence-corrected chi connectivity index (χ0v) is 13.0. The van der Waals surface area contributed by atoms with Crippen molar-refractivity contribution in [1.29, 1.82) is 0 Å². The average Bonchev–Trinajstić information content (AvgIpc) is 2.88. The van der Waals surface area contributed by atoms with Crippen LogP contribution in [0.4, 0.5) is 4.79 Å². The van der Waals surface area contributed by atoms with Crippen molar-refractivity contribution < 1.29 is 4.79 Å². The highest BCUT2D eigenvalue weighted by molar-refractivity contribution is 7.99. The van der Waals surface area contributed by atoms with Crippen LogP contribution < -0.4 is 10.6 Å². The largest absolute Gasteiger partial charge is 0.337 e. The summed E-state index contributed by atoms with van der Waals surface area (Å²) in [7, 11) is 0. The fourth-order valence-corrected chi connectivity index (χ4v) is 3.29. The molecule has 0 saturated heterocycles. The van der Waals surface area contributed by atoms with Crippen molar-refractivity contribution in [3.05, 3.63) is 52.2 Å². The Labute approximate surface area is 127 Å². The van der Waals surface area contributed by atoms with Gasteiger partial charge in [0, 0.05) is 22.1 Å². The van der Waals surface area contributed by atoms with E-state index >= 15 is 0 Å². The van der Waals surface area contributed by atoms with Crippen molar-refractivity contribution in [3.8, 4) is 0 Å². The zero-order valence-electron chi connectivity index (χ0n) is 11.4. The molecule has 0 saturated carbocycles. The first kappa shape index (κ1) is 14.9. The predicted molar refractivity (Wildman–Crippen MR) is 86.5 cm³/mol. The summed E-state index contributed by atoms with van der Waals surface area (Å²) in [5.74, 6) is 0.870. The Morgan fingerprint density at radius 3 is 2.70 bits per heavy atom. The van der Waals surface area contributed by atoms with E-state index < -0.39 is 0 Å². The molecule has 0 spiro atoms. The van der Waals surface area contributed by atoms with Gasteiger partial charge in [0.05, 0.1) is 6.54 Å². The Kier molecular flexibility index (Phi) is 5.95. The molecule has 106 valence electrons. The third kappa shape index (κ3) is 4.90. The number of thioether (sulfide) groups is 1. The summed E-state index contributed by atoms with van der Waals surface area (Å²) in [4.78, 5) is 14.1. The van der Waals surface area contributed by atoms with Crippen molar-refractivity contribution in [2.45, 2.75) is 18.4 Å². The molecule has 2 rings (SSSR count). The van der Waals surface area contributed by atoms with Gasteiger partial charge in [0.25, 0.3) is 0 Å². The van der Waals surface area contributed by atoms with E-state index in [1.54, 1.807) is 23.1 Å². The number of aryl methyl sites for hydroxylation is 1. The van der Waals surface area contributed by atoms with Crippen molar-refractivity contribution in [2.24, 2.45) is 0 Å². The molecular formula is C15H18N2OS2. The number of carbonyl (C=O) groups excluding carboxylic acids is 1. The number of amides is 2. The van der Waals surface area contributed by atoms with E-state index in [9.17, 15) is 4.79 Å². The van der Waals surface area contributed by atoms with Gasteiger partial charge in [0.15, 0.2) is 0 Å². The molecule has 3 nitrogen and oxygen atoms in total. The first-order valence-corrected chi connectivity index (χ1v) is 8.35. The second kappa shape index (κ2) is 7.97. The standard InChI is InChI=1S/C15H18N2OS2/c1-12-7-9-20-14(12)11-17-15(18)16-8-10-19-13-5-3-2-4-6-13/h2-7,9H,8,10-11H2,1H3,(H2,16,17,18). The van der Waals surface area contributed by atoms with Gasteiger partial charge in [-0.25, -0.2) is 4.79 Å². The van der Waals surface area contributed by atoms with Gasteiger partial charge in [0.2, 0.25) is 0 Å². The van der Waals surface area contributed by atoms with Crippen LogP contribution in [-0.4, -0.2) is 18.3 Å². The maximum Gasteiger partial charge on any atom is 0.315 e. The zero-order chi connectivity index (χ0) is 14.2. The Balaban J connectivity index is 1.60. The predicted octanol–water partition coefficient (Wildman–Crippen LogP) is 3.65. The molecule has 1 aromatic carbocycles. The van der Waals surface area contributed by atoms with Crippen LogP contribution in [0.3, 0.4) is 0 Å². The van der Waals surface area contributed by atoms with Gasteiger partial charge in [-0.1, -0.05) is 18.2 Å². The lowest BCUT2D eigenvalue weighted by atomic mass is 10.3. The minimum Gasteiger partial charge on any atom is -0.337 e. The van der Waals surface area contributed by atoms with E-state index in [0.717, 1.165) is 5.75 Å². The molecule has 0 aliphatic rings. The Morgan fingerprint density at radius 1 is 1.20 bits per heavy atom. The van der Waals surface area contributed by atoms with Gasteiger partial charge in [-0.05, 0) is 36.1 Å². The van der Waals surface area contributed by atoms with Gasteiger partial charge in [-0.3, -0.25) is 0 Å². The van der Waals surface area contributed by atoms with Crippen molar-refractivity contribution in [3.63, 3.8) is 0 Å². The summed E-state index contributed by atoms with van der Waals surface area (Å²) in [6.45, 7) is 3.32. The van der Waals surface area contributed by atoms with Gasteiger partial charge in [0.1, 0.15) is 0 Å². The Morgan fingerprint density at radius 2 is 2.00 bits per heavy atom. The highest BCUT2D eigenvalue weighted by Crippen LogP contribution is 2.16. The molecule has 0 aliphatic heterocycles. The second-order valence-corrected chi connectivity index (χ2v) is 6.47. The number of carbonyl (C=O) groups is 1. The maximum atomic E-state index is 11.6. The highest BCUT2D eigenvalue weighted by atomic mass is 32.2. The number of rotatable bonds is 6. The maximum absolute atomic E-state index is 11.6. The van der Waals surface area contributed by atoms with E-state index in [2.05, 4.69) is 35.8 Å². The molecule has 2 aromatic rings. The van der Waals surface area contributed by atoms with E-state index in [1.807, 2.05) is 23.6 Å². The average molecular weight is 306 g/mol. The van der Waals surface area contributed by atoms with Gasteiger partial charge < -0.3 is 10.6 Å². The van der Waals surface area contributed by atoms with Crippen LogP contribution in [0, 0.1) is 6.92 Å². The van der Waals surface area contributed by atoms with E-state index in [0.29, 0.717) is 13.1 Å². The molecule has 0 radical (unpaired) electrons. The molecule has 2 amide bonds. The topological polar surface area (TPSA) is 41.1 Å². The van der Waals surface area contributed by atoms with E-state index in [4.69, 9.17) is 0 Å². The minimum atomic E-state index is -0.105. The van der Waals surface area contributed by atoms with E-state index in [-0.39, 0.29) is 6.03 Å². The Bertz CT molecular complexity index is 540. The van der Waals surface area contributed by atoms with Crippen LogP contribution in [-0.2, 0) is 6.54 Å². The van der Waals surface area contributed by atoms with Crippen molar-refractivity contribution in [1.82, 2.24) is 10.6 Å². The molecule has 0 aliphatic carbocycles. The van der Waals surface area contributed by atoms with Crippen LogP contribution in [0.25, 0.3) is 0 Å². The normalized spacial score (nSPS) is 10.2. The summed E-state index contributed by atoms with van der Waals surface area (Å²) in [5, 5.41) is 7.79. The first-order chi connectivity index (χ1) is 9.75. The third-order valence-electron chi connectivity index (χ3n) is 2.78. The fraction of sp³-hybridized carbons (Fsp3) is 0.267. The van der Waals surface area contributed by atoms with Gasteiger partial charge >= 0.3 is 6.03 Å². The van der Waals surface area contributed by atoms with Crippen LogP contribution in [0.5, 0.6) is 0 Å². The summed E-state index contributed by atoms with van der Waals surface area (Å²) in [6.07, 6.45) is 0. The molecule has 0 bridgehead atoms. The number of hydrogen-bond donors (Lipinski definition) is 2. The molecule has 2 N–H and O–H groups in total. The number of benzene rings is 1. The lowest BCUT2D eigenvalue weighted by Crippen LogP contribution is -2.36. The van der Waals surface area contributed by atoms with Crippen molar-refractivity contribution in [2.75, 3.05) is 12.3 Å². The van der Waals surface area contributed by atoms with Gasteiger partial charge in [-0.15, -0.1) is 23.1 Å². The summed E-state index contributed by atoms with van der Waals surface area (Å²) >= 11 is 3.41. The number of hydrogen-bond acceptors (Lipinski definition) is 3. The van der Waals surface area contributed by atoms with Gasteiger partial charge in [-0.2, -0.15) is 0 Å². The number of urea groups is 1. The number of nitrogens with one attached hydrogen (secondary N) is 2. The van der Waals surface area contributed by atoms with Crippen LogP contribution in [0.1, 0.15) is 10.4 Å². The molecule has 0 fully saturated rings. The molecule has 0 unspecified atom stereocenters. The van der Waals surface area contributed by atoms with Crippen LogP contribution in [0.15, 0.2) is 46.7 Å². The quantitative estimate of drug-likeness (QED) is 0.632. The molecular weight excluding hydrogens is 288 g/mol. The highest BCUT2D eigenvalue weighted by Gasteiger charge is 2.03. The van der Waals surface area contributed by atoms with Crippen LogP contribution >= 0.6 is 23.1 Å². The van der Waals surface area contributed by atoms with Crippen molar-refractivity contribution >= 4 is 29.1 Å². The lowest BCUT2D eigenvalue weighted by Gasteiger charge is -2.07. The minimum absolute atomic E-state index is 0.105. The lowest BCUT2D eigenvalue weighted by molar-refractivity contribution is 0.241. The smallest absolute Gasteiger partial charge is 0.315 e. The number of thiophene rings is 1. The summed E-state index contributed by atoms with van der Waals surface area (Å²) in [5.41, 5.74) is 1.23.